The summed E-state index contributed by atoms with van der Waals surface area (Å²) < 4.78 is 0. The molecule has 0 amide bonds. The van der Waals surface area contributed by atoms with Gasteiger partial charge in [-0.1, -0.05) is 0 Å². The van der Waals surface area contributed by atoms with Gasteiger partial charge in [-0.05, 0) is 13.8 Å². The van der Waals surface area contributed by atoms with E-state index in [2.05, 4.69) is 0 Å². The topological polar surface area (TPSA) is 80.3 Å². The van der Waals surface area contributed by atoms with Gasteiger partial charge < -0.3 is 19.8 Å². The number of rotatable bonds is 0. The van der Waals surface area contributed by atoms with Gasteiger partial charge >= 0.3 is 33.6 Å². The molecule has 0 rings (SSSR count). The Balaban J connectivity index is -0.0000000300. The molecule has 0 unspecified atom stereocenters. The summed E-state index contributed by atoms with van der Waals surface area (Å²) in [4.78, 5) is 17.8. The SMILES string of the molecule is CC(=O)[O-].CC(=O)[O-].[Cu+2].[Ni+2]. The van der Waals surface area contributed by atoms with Gasteiger partial charge in [0.15, 0.2) is 0 Å². The van der Waals surface area contributed by atoms with Gasteiger partial charge in [0.1, 0.15) is 0 Å². The van der Waals surface area contributed by atoms with Crippen molar-refractivity contribution in [1.29, 1.82) is 0 Å². The Morgan fingerprint density at radius 2 is 1.00 bits per heavy atom. The van der Waals surface area contributed by atoms with Gasteiger partial charge in [0.25, 0.3) is 0 Å². The maximum absolute atomic E-state index is 8.89. The average molecular weight is 240 g/mol. The Morgan fingerprint density at radius 3 is 1.00 bits per heavy atom. The van der Waals surface area contributed by atoms with E-state index >= 15 is 0 Å². The summed E-state index contributed by atoms with van der Waals surface area (Å²) in [5.41, 5.74) is 0. The minimum Gasteiger partial charge on any atom is -0.550 e. The first-order valence-corrected chi connectivity index (χ1v) is 1.82. The third-order valence-electron chi connectivity index (χ3n) is 0. The maximum Gasteiger partial charge on any atom is 2.00 e. The molecule has 1 radical (unpaired) electrons. The Kier molecular flexibility index (Phi) is 36.0. The molecule has 0 saturated heterocycles. The number of hydrogen-bond donors (Lipinski definition) is 0. The zero-order valence-electron chi connectivity index (χ0n) is 5.25. The third-order valence-corrected chi connectivity index (χ3v) is 0. The number of aliphatic carboxylic acids is 2. The average Bonchev–Trinajstić information content (AvgIpc) is 1.25. The van der Waals surface area contributed by atoms with Crippen LogP contribution in [0.3, 0.4) is 0 Å². The fourth-order valence-corrected chi connectivity index (χ4v) is 0. The van der Waals surface area contributed by atoms with Crippen LogP contribution in [0.15, 0.2) is 0 Å². The molecule has 0 bridgehead atoms. The van der Waals surface area contributed by atoms with Crippen molar-refractivity contribution in [2.24, 2.45) is 0 Å². The summed E-state index contributed by atoms with van der Waals surface area (Å²) in [6.07, 6.45) is 0. The first-order chi connectivity index (χ1) is 3.46. The summed E-state index contributed by atoms with van der Waals surface area (Å²) in [5, 5.41) is 17.8. The first kappa shape index (κ1) is 22.5. The van der Waals surface area contributed by atoms with Crippen molar-refractivity contribution in [3.05, 3.63) is 0 Å². The molecule has 4 nitrogen and oxygen atoms in total. The van der Waals surface area contributed by atoms with Gasteiger partial charge in [-0.3, -0.25) is 0 Å². The van der Waals surface area contributed by atoms with Crippen molar-refractivity contribution in [3.63, 3.8) is 0 Å². The van der Waals surface area contributed by atoms with Crippen LogP contribution >= 0.6 is 0 Å². The molecule has 65 valence electrons. The third kappa shape index (κ3) is 174000. The molecule has 6 heteroatoms. The predicted octanol–water partition coefficient (Wildman–Crippen LogP) is -2.49. The van der Waals surface area contributed by atoms with Crippen molar-refractivity contribution in [2.45, 2.75) is 13.8 Å². The number of hydrogen-bond acceptors (Lipinski definition) is 4. The smallest absolute Gasteiger partial charge is 0.550 e. The predicted molar refractivity (Wildman–Crippen MR) is 21.4 cm³/mol. The van der Waals surface area contributed by atoms with Crippen molar-refractivity contribution in [3.8, 4) is 0 Å². The van der Waals surface area contributed by atoms with Crippen LogP contribution in [-0.2, 0) is 43.1 Å². The van der Waals surface area contributed by atoms with E-state index in [-0.39, 0.29) is 33.6 Å². The van der Waals surface area contributed by atoms with E-state index in [1.807, 2.05) is 0 Å². The Bertz CT molecular complexity index is 75.3. The molecule has 0 fully saturated rings. The van der Waals surface area contributed by atoms with Crippen LogP contribution in [0.5, 0.6) is 0 Å². The summed E-state index contributed by atoms with van der Waals surface area (Å²) in [5.74, 6) is -2.17. The van der Waals surface area contributed by atoms with E-state index in [0.29, 0.717) is 0 Å². The van der Waals surface area contributed by atoms with Gasteiger partial charge in [0, 0.05) is 11.9 Å². The monoisotopic (exact) mass is 239 g/mol. The van der Waals surface area contributed by atoms with Crippen molar-refractivity contribution < 1.29 is 53.4 Å². The van der Waals surface area contributed by atoms with Gasteiger partial charge in [-0.25, -0.2) is 0 Å². The van der Waals surface area contributed by atoms with E-state index < -0.39 is 11.9 Å². The molecular weight excluding hydrogens is 234 g/mol. The molecule has 0 heterocycles. The molecule has 0 aromatic rings. The quantitative estimate of drug-likeness (QED) is 0.439. The van der Waals surface area contributed by atoms with Gasteiger partial charge in [-0.15, -0.1) is 0 Å². The Labute approximate surface area is 79.4 Å². The van der Waals surface area contributed by atoms with Crippen LogP contribution in [0.4, 0.5) is 0 Å². The molecule has 10 heavy (non-hydrogen) atoms. The second-order valence-electron chi connectivity index (χ2n) is 0.983. The van der Waals surface area contributed by atoms with Gasteiger partial charge in [0.05, 0.1) is 0 Å². The van der Waals surface area contributed by atoms with E-state index in [1.54, 1.807) is 0 Å². The molecule has 0 aromatic carbocycles. The van der Waals surface area contributed by atoms with Crippen LogP contribution in [0.1, 0.15) is 13.8 Å². The molecule has 0 aromatic heterocycles. The van der Waals surface area contributed by atoms with Crippen molar-refractivity contribution >= 4 is 11.9 Å². The van der Waals surface area contributed by atoms with Crippen LogP contribution in [0.2, 0.25) is 0 Å². The van der Waals surface area contributed by atoms with Crippen molar-refractivity contribution in [1.82, 2.24) is 0 Å². The van der Waals surface area contributed by atoms with Crippen LogP contribution in [0, 0.1) is 0 Å². The molecule has 0 N–H and O–H groups in total. The molecule has 0 aliphatic carbocycles. The molecule has 0 aliphatic heterocycles. The maximum atomic E-state index is 8.89. The van der Waals surface area contributed by atoms with E-state index in [1.165, 1.54) is 0 Å². The molecule has 0 saturated carbocycles. The summed E-state index contributed by atoms with van der Waals surface area (Å²) in [6.45, 7) is 1.94. The van der Waals surface area contributed by atoms with Crippen molar-refractivity contribution in [2.75, 3.05) is 0 Å². The Hall–Kier alpha value is -0.0470. The fraction of sp³-hybridized carbons (Fsp3) is 0.500. The second-order valence-corrected chi connectivity index (χ2v) is 0.983. The normalized spacial score (nSPS) is 5.00. The second kappa shape index (κ2) is 16.0. The van der Waals surface area contributed by atoms with Crippen LogP contribution < -0.4 is 10.2 Å². The van der Waals surface area contributed by atoms with E-state index in [4.69, 9.17) is 19.8 Å². The molecule has 0 atom stereocenters. The summed E-state index contributed by atoms with van der Waals surface area (Å²) >= 11 is 0. The summed E-state index contributed by atoms with van der Waals surface area (Å²) in [6, 6.07) is 0. The van der Waals surface area contributed by atoms with Crippen LogP contribution in [0.25, 0.3) is 0 Å². The molecule has 0 spiro atoms. The first-order valence-electron chi connectivity index (χ1n) is 1.82. The minimum atomic E-state index is -1.08. The Morgan fingerprint density at radius 1 is 1.00 bits per heavy atom. The molecular formula is C4H6CuNiO4+2. The number of carboxylic acid groups (broad SMARTS) is 2. The zero-order chi connectivity index (χ0) is 7.15. The summed E-state index contributed by atoms with van der Waals surface area (Å²) in [7, 11) is 0. The number of carboxylic acids is 2. The van der Waals surface area contributed by atoms with Gasteiger partial charge in [-0.2, -0.15) is 0 Å². The van der Waals surface area contributed by atoms with Gasteiger partial charge in [0.2, 0.25) is 0 Å². The number of carbonyl (C=O) groups is 2. The van der Waals surface area contributed by atoms with E-state index in [9.17, 15) is 0 Å². The van der Waals surface area contributed by atoms with E-state index in [0.717, 1.165) is 13.8 Å². The zero-order valence-corrected chi connectivity index (χ0v) is 7.18. The number of carbonyl (C=O) groups excluding carboxylic acids is 2. The minimum absolute atomic E-state index is 0. The standard InChI is InChI=1S/2C2H4O2.Cu.Ni/c2*1-2(3)4;;/h2*1H3,(H,3,4);;/q;;2*+2/p-2. The van der Waals surface area contributed by atoms with Crippen LogP contribution in [-0.4, -0.2) is 11.9 Å². The fourth-order valence-electron chi connectivity index (χ4n) is 0. The molecule has 0 aliphatic rings. The largest absolute Gasteiger partial charge is 2.00 e.